The molecule has 7 rings (SSSR count). The van der Waals surface area contributed by atoms with Crippen LogP contribution < -0.4 is 10.1 Å². The first kappa shape index (κ1) is 27.0. The molecule has 0 unspecified atom stereocenters. The number of halogens is 1. The number of anilines is 1. The Bertz CT molecular complexity index is 1910. The van der Waals surface area contributed by atoms with E-state index in [1.807, 2.05) is 30.6 Å². The highest BCUT2D eigenvalue weighted by Crippen LogP contribution is 2.34. The highest BCUT2D eigenvalue weighted by molar-refractivity contribution is 5.97. The second kappa shape index (κ2) is 11.4. The van der Waals surface area contributed by atoms with Crippen LogP contribution >= 0.6 is 0 Å². The lowest BCUT2D eigenvalue weighted by molar-refractivity contribution is 0.237. The third kappa shape index (κ3) is 5.65. The Morgan fingerprint density at radius 1 is 0.953 bits per heavy atom. The highest BCUT2D eigenvalue weighted by Gasteiger charge is 2.18. The van der Waals surface area contributed by atoms with Crippen LogP contribution in [0.3, 0.4) is 0 Å². The molecule has 9 nitrogen and oxygen atoms in total. The van der Waals surface area contributed by atoms with Crippen molar-refractivity contribution >= 4 is 27.6 Å². The number of pyridine rings is 2. The molecule has 0 bridgehead atoms. The third-order valence-electron chi connectivity index (χ3n) is 7.73. The van der Waals surface area contributed by atoms with Gasteiger partial charge in [-0.15, -0.1) is 0 Å². The van der Waals surface area contributed by atoms with Gasteiger partial charge < -0.3 is 15.0 Å². The van der Waals surface area contributed by atoms with E-state index in [0.29, 0.717) is 46.7 Å². The number of rotatable bonds is 9. The molecular formula is C33H33FN8O. The Balaban J connectivity index is 1.21. The molecule has 43 heavy (non-hydrogen) atoms. The fourth-order valence-electron chi connectivity index (χ4n) is 5.72. The molecular weight excluding hydrogens is 543 g/mol. The van der Waals surface area contributed by atoms with Crippen molar-refractivity contribution in [1.82, 2.24) is 35.0 Å². The average Bonchev–Trinajstić information content (AvgIpc) is 3.76. The monoisotopic (exact) mass is 576 g/mol. The van der Waals surface area contributed by atoms with Gasteiger partial charge in [-0.25, -0.2) is 9.37 Å². The van der Waals surface area contributed by atoms with Gasteiger partial charge in [-0.3, -0.25) is 20.0 Å². The summed E-state index contributed by atoms with van der Waals surface area (Å²) >= 11 is 0. The van der Waals surface area contributed by atoms with E-state index in [1.54, 1.807) is 6.20 Å². The van der Waals surface area contributed by atoms with Gasteiger partial charge in [0.25, 0.3) is 0 Å². The predicted molar refractivity (Wildman–Crippen MR) is 168 cm³/mol. The van der Waals surface area contributed by atoms with E-state index in [-0.39, 0.29) is 5.82 Å². The molecule has 2 aromatic carbocycles. The SMILES string of the molecule is CC(C)Nc1cncc(-c2ccc3[nH]nc(-c4nc5c(-c6cc(F)cc(OCCN7CCCC7)c6)nccc5[nH]4)c3c2)c1. The molecule has 4 aromatic heterocycles. The van der Waals surface area contributed by atoms with Gasteiger partial charge in [-0.1, -0.05) is 6.07 Å². The number of fused-ring (bicyclic) bond motifs is 2. The normalized spacial score (nSPS) is 13.9. The van der Waals surface area contributed by atoms with Gasteiger partial charge in [-0.2, -0.15) is 5.10 Å². The number of aromatic nitrogens is 6. The van der Waals surface area contributed by atoms with Crippen LogP contribution in [-0.4, -0.2) is 67.3 Å². The van der Waals surface area contributed by atoms with E-state index < -0.39 is 0 Å². The summed E-state index contributed by atoms with van der Waals surface area (Å²) in [6.07, 6.45) is 7.83. The maximum atomic E-state index is 14.7. The second-order valence-corrected chi connectivity index (χ2v) is 11.3. The smallest absolute Gasteiger partial charge is 0.159 e. The van der Waals surface area contributed by atoms with E-state index in [9.17, 15) is 4.39 Å². The van der Waals surface area contributed by atoms with Crippen molar-refractivity contribution in [3.63, 3.8) is 0 Å². The van der Waals surface area contributed by atoms with Crippen LogP contribution in [-0.2, 0) is 0 Å². The summed E-state index contributed by atoms with van der Waals surface area (Å²) in [4.78, 5) is 19.7. The van der Waals surface area contributed by atoms with Crippen LogP contribution in [0, 0.1) is 5.82 Å². The first-order valence-electron chi connectivity index (χ1n) is 14.7. The summed E-state index contributed by atoms with van der Waals surface area (Å²) in [5, 5.41) is 12.1. The Kier molecular flexibility index (Phi) is 7.20. The largest absolute Gasteiger partial charge is 0.492 e. The third-order valence-corrected chi connectivity index (χ3v) is 7.73. The van der Waals surface area contributed by atoms with Crippen LogP contribution in [0.2, 0.25) is 0 Å². The van der Waals surface area contributed by atoms with Crippen molar-refractivity contribution < 1.29 is 9.13 Å². The first-order valence-corrected chi connectivity index (χ1v) is 14.7. The Labute approximate surface area is 248 Å². The molecule has 1 saturated heterocycles. The Morgan fingerprint density at radius 2 is 1.84 bits per heavy atom. The van der Waals surface area contributed by atoms with E-state index in [4.69, 9.17) is 9.72 Å². The molecule has 0 atom stereocenters. The number of nitrogens with one attached hydrogen (secondary N) is 3. The average molecular weight is 577 g/mol. The van der Waals surface area contributed by atoms with E-state index in [2.05, 4.69) is 67.4 Å². The van der Waals surface area contributed by atoms with Gasteiger partial charge in [0.1, 0.15) is 29.4 Å². The molecule has 5 heterocycles. The zero-order valence-corrected chi connectivity index (χ0v) is 24.2. The maximum Gasteiger partial charge on any atom is 0.159 e. The van der Waals surface area contributed by atoms with Gasteiger partial charge in [0, 0.05) is 53.8 Å². The molecule has 3 N–H and O–H groups in total. The summed E-state index contributed by atoms with van der Waals surface area (Å²) in [5.41, 5.74) is 7.17. The number of nitrogens with zero attached hydrogens (tertiary/aromatic N) is 5. The molecule has 0 saturated carbocycles. The van der Waals surface area contributed by atoms with Crippen molar-refractivity contribution in [2.45, 2.75) is 32.7 Å². The lowest BCUT2D eigenvalue weighted by atomic mass is 10.0. The molecule has 0 amide bonds. The number of hydrogen-bond donors (Lipinski definition) is 3. The molecule has 218 valence electrons. The summed E-state index contributed by atoms with van der Waals surface area (Å²) in [6.45, 7) is 7.73. The minimum atomic E-state index is -0.379. The topological polar surface area (TPSA) is 108 Å². The fourth-order valence-corrected chi connectivity index (χ4v) is 5.72. The lowest BCUT2D eigenvalue weighted by Gasteiger charge is -2.15. The fraction of sp³-hybridized carbons (Fsp3) is 0.273. The van der Waals surface area contributed by atoms with Gasteiger partial charge in [-0.05, 0) is 81.7 Å². The lowest BCUT2D eigenvalue weighted by Crippen LogP contribution is -2.25. The van der Waals surface area contributed by atoms with Crippen molar-refractivity contribution in [3.05, 3.63) is 72.9 Å². The van der Waals surface area contributed by atoms with Crippen molar-refractivity contribution in [1.29, 1.82) is 0 Å². The van der Waals surface area contributed by atoms with Gasteiger partial charge >= 0.3 is 0 Å². The minimum Gasteiger partial charge on any atom is -0.492 e. The zero-order valence-electron chi connectivity index (χ0n) is 24.2. The summed E-state index contributed by atoms with van der Waals surface area (Å²) in [6, 6.07) is 15.1. The number of likely N-dealkylation sites (tertiary alicyclic amines) is 1. The van der Waals surface area contributed by atoms with Crippen molar-refractivity contribution in [2.24, 2.45) is 0 Å². The Morgan fingerprint density at radius 3 is 2.70 bits per heavy atom. The number of hydrogen-bond acceptors (Lipinski definition) is 7. The van der Waals surface area contributed by atoms with E-state index >= 15 is 0 Å². The minimum absolute atomic E-state index is 0.304. The molecule has 0 spiro atoms. The predicted octanol–water partition coefficient (Wildman–Crippen LogP) is 6.66. The van der Waals surface area contributed by atoms with Crippen LogP contribution in [0.25, 0.3) is 55.8 Å². The second-order valence-electron chi connectivity index (χ2n) is 11.3. The van der Waals surface area contributed by atoms with Crippen molar-refractivity contribution in [2.75, 3.05) is 31.6 Å². The van der Waals surface area contributed by atoms with Crippen LogP contribution in [0.15, 0.2) is 67.1 Å². The molecule has 1 aliphatic rings. The number of aromatic amines is 2. The van der Waals surface area contributed by atoms with Crippen LogP contribution in [0.4, 0.5) is 10.1 Å². The van der Waals surface area contributed by atoms with Crippen molar-refractivity contribution in [3.8, 4) is 39.7 Å². The molecule has 0 aliphatic carbocycles. The molecule has 6 aromatic rings. The quantitative estimate of drug-likeness (QED) is 0.177. The molecule has 1 aliphatic heterocycles. The van der Waals surface area contributed by atoms with Crippen LogP contribution in [0.1, 0.15) is 26.7 Å². The summed E-state index contributed by atoms with van der Waals surface area (Å²) < 4.78 is 20.7. The standard InChI is InChI=1S/C33H33FN8O/c1-20(2)37-25-14-23(18-35-19-25)21-5-6-28-27(16-21)31(41-40-28)33-38-29-7-8-36-30(32(29)39-33)22-13-24(34)17-26(15-22)43-12-11-42-9-3-4-10-42/h5-8,13-20,37H,3-4,9-12H2,1-2H3,(H,38,39)(H,40,41). The van der Waals surface area contributed by atoms with Crippen LogP contribution in [0.5, 0.6) is 5.75 Å². The molecule has 1 fully saturated rings. The number of ether oxygens (including phenoxy) is 1. The highest BCUT2D eigenvalue weighted by atomic mass is 19.1. The summed E-state index contributed by atoms with van der Waals surface area (Å²) in [7, 11) is 0. The maximum absolute atomic E-state index is 14.7. The zero-order chi connectivity index (χ0) is 29.3. The summed E-state index contributed by atoms with van der Waals surface area (Å²) in [5.74, 6) is 0.701. The molecule has 10 heteroatoms. The Hall–Kier alpha value is -4.83. The van der Waals surface area contributed by atoms with Gasteiger partial charge in [0.2, 0.25) is 0 Å². The first-order chi connectivity index (χ1) is 21.0. The van der Waals surface area contributed by atoms with Gasteiger partial charge in [0.15, 0.2) is 5.82 Å². The number of H-pyrrole nitrogens is 2. The molecule has 0 radical (unpaired) electrons. The van der Waals surface area contributed by atoms with E-state index in [1.165, 1.54) is 25.0 Å². The van der Waals surface area contributed by atoms with E-state index in [0.717, 1.165) is 52.9 Å². The number of benzene rings is 2. The number of imidazole rings is 1. The van der Waals surface area contributed by atoms with Gasteiger partial charge in [0.05, 0.1) is 22.4 Å².